The summed E-state index contributed by atoms with van der Waals surface area (Å²) in [4.78, 5) is 33.9. The van der Waals surface area contributed by atoms with Crippen molar-refractivity contribution in [2.45, 2.75) is 66.4 Å². The second-order valence-electron chi connectivity index (χ2n) is 11.4. The van der Waals surface area contributed by atoms with Crippen LogP contribution in [0.15, 0.2) is 34.4 Å². The number of fused-ring (bicyclic) bond motifs is 5. The van der Waals surface area contributed by atoms with Gasteiger partial charge < -0.3 is 19.9 Å². The molecule has 2 aromatic carbocycles. The van der Waals surface area contributed by atoms with Crippen molar-refractivity contribution in [3.05, 3.63) is 67.8 Å². The highest BCUT2D eigenvalue weighted by Gasteiger charge is 2.25. The highest BCUT2D eigenvalue weighted by molar-refractivity contribution is 7.16. The van der Waals surface area contributed by atoms with Crippen LogP contribution in [0.4, 0.5) is 0 Å². The van der Waals surface area contributed by atoms with Gasteiger partial charge in [0.05, 0.1) is 35.0 Å². The number of nitrogens with one attached hydrogen (secondary N) is 1. The average molecular weight is 585 g/mol. The molecule has 0 bridgehead atoms. The zero-order valence-corrected chi connectivity index (χ0v) is 25.7. The van der Waals surface area contributed by atoms with E-state index in [0.717, 1.165) is 67.6 Å². The van der Waals surface area contributed by atoms with Gasteiger partial charge in [0.1, 0.15) is 10.6 Å². The van der Waals surface area contributed by atoms with Gasteiger partial charge in [-0.05, 0) is 117 Å². The molecule has 218 valence electrons. The Bertz CT molecular complexity index is 1900. The molecule has 42 heavy (non-hydrogen) atoms. The maximum Gasteiger partial charge on any atom is 0.307 e. The molecule has 0 saturated heterocycles. The van der Waals surface area contributed by atoms with E-state index in [1.54, 1.807) is 32.1 Å². The summed E-state index contributed by atoms with van der Waals surface area (Å²) >= 11 is 1.54. The number of carboxylic acids is 1. The molecule has 0 saturated carbocycles. The molecule has 5 aromatic rings. The van der Waals surface area contributed by atoms with Crippen molar-refractivity contribution in [2.24, 2.45) is 0 Å². The monoisotopic (exact) mass is 584 g/mol. The number of H-pyrrole nitrogens is 1. The van der Waals surface area contributed by atoms with Crippen LogP contribution >= 0.6 is 11.3 Å². The van der Waals surface area contributed by atoms with Crippen LogP contribution in [-0.4, -0.2) is 38.4 Å². The second kappa shape index (κ2) is 12.0. The predicted octanol–water partition coefficient (Wildman–Crippen LogP) is 6.86. The van der Waals surface area contributed by atoms with E-state index in [0.29, 0.717) is 23.0 Å². The molecule has 4 heterocycles. The largest absolute Gasteiger partial charge is 0.493 e. The number of carbonyl (C=O) groups is 1. The Kier molecular flexibility index (Phi) is 8.76. The Morgan fingerprint density at radius 1 is 1.12 bits per heavy atom. The fourth-order valence-electron chi connectivity index (χ4n) is 5.58. The standard InChI is InChI=1S/C28H24N2O4S.C4H10O.C2H2/c1-13-17-5-4-9-34-21(17)7-6-18(13)23-15(3)24-25(14(2)19(23)12-22(31)32)29-27(33)20-11-16-8-10-35-28(16)30-26(20)24;1-4(2,3)5;1-2/h6-8,10-11H,4-5,9,12H2,1-3H3,(H,29,33)(H,31,32);5H,1-3H3;1-2H. The van der Waals surface area contributed by atoms with Gasteiger partial charge in [-0.1, -0.05) is 6.07 Å². The highest BCUT2D eigenvalue weighted by Crippen LogP contribution is 2.42. The molecule has 1 aliphatic heterocycles. The van der Waals surface area contributed by atoms with E-state index in [1.807, 2.05) is 43.5 Å². The van der Waals surface area contributed by atoms with Gasteiger partial charge in [-0.15, -0.1) is 24.2 Å². The number of nitrogens with zero attached hydrogens (tertiary/aromatic N) is 1. The number of terminal acetylenes is 1. The maximum atomic E-state index is 13.1. The van der Waals surface area contributed by atoms with Crippen molar-refractivity contribution in [1.82, 2.24) is 9.97 Å². The number of pyridine rings is 2. The summed E-state index contributed by atoms with van der Waals surface area (Å²) in [5, 5.41) is 22.6. The van der Waals surface area contributed by atoms with Gasteiger partial charge in [0.15, 0.2) is 0 Å². The van der Waals surface area contributed by atoms with Gasteiger partial charge in [-0.2, -0.15) is 0 Å². The number of thiophene rings is 1. The number of ether oxygens (including phenoxy) is 1. The van der Waals surface area contributed by atoms with Gasteiger partial charge in [-0.3, -0.25) is 9.59 Å². The Morgan fingerprint density at radius 2 is 1.81 bits per heavy atom. The summed E-state index contributed by atoms with van der Waals surface area (Å²) in [7, 11) is 0. The zero-order valence-electron chi connectivity index (χ0n) is 24.8. The number of benzene rings is 2. The van der Waals surface area contributed by atoms with E-state index >= 15 is 0 Å². The number of carboxylic acid groups (broad SMARTS) is 1. The smallest absolute Gasteiger partial charge is 0.307 e. The number of aliphatic hydroxyl groups is 1. The summed E-state index contributed by atoms with van der Waals surface area (Å²) in [6, 6.07) is 7.90. The van der Waals surface area contributed by atoms with Crippen LogP contribution in [0.2, 0.25) is 0 Å². The Balaban J connectivity index is 0.000000526. The molecule has 0 amide bonds. The van der Waals surface area contributed by atoms with Crippen molar-refractivity contribution < 1.29 is 19.7 Å². The maximum absolute atomic E-state index is 13.1. The average Bonchev–Trinajstić information content (AvgIpc) is 3.39. The number of rotatable bonds is 3. The first-order chi connectivity index (χ1) is 19.8. The van der Waals surface area contributed by atoms with Crippen LogP contribution in [0.25, 0.3) is 43.1 Å². The molecule has 0 spiro atoms. The molecule has 7 nitrogen and oxygen atoms in total. The zero-order chi connectivity index (χ0) is 30.9. The second-order valence-corrected chi connectivity index (χ2v) is 12.3. The Hall–Kier alpha value is -4.19. The van der Waals surface area contributed by atoms with E-state index in [-0.39, 0.29) is 12.0 Å². The molecule has 0 fully saturated rings. The lowest BCUT2D eigenvalue weighted by Gasteiger charge is -2.24. The summed E-state index contributed by atoms with van der Waals surface area (Å²) in [6.07, 6.45) is 9.76. The summed E-state index contributed by atoms with van der Waals surface area (Å²) in [5.74, 6) is -0.00224. The molecule has 0 atom stereocenters. The van der Waals surface area contributed by atoms with Gasteiger partial charge in [0, 0.05) is 10.8 Å². The van der Waals surface area contributed by atoms with Gasteiger partial charge in [-0.25, -0.2) is 4.98 Å². The minimum absolute atomic E-state index is 0.136. The topological polar surface area (TPSA) is 113 Å². The van der Waals surface area contributed by atoms with E-state index < -0.39 is 11.6 Å². The third kappa shape index (κ3) is 5.89. The van der Waals surface area contributed by atoms with E-state index in [4.69, 9.17) is 14.8 Å². The molecule has 3 N–H and O–H groups in total. The van der Waals surface area contributed by atoms with E-state index in [9.17, 15) is 14.7 Å². The summed E-state index contributed by atoms with van der Waals surface area (Å²) < 4.78 is 5.88. The van der Waals surface area contributed by atoms with Crippen molar-refractivity contribution in [2.75, 3.05) is 6.61 Å². The van der Waals surface area contributed by atoms with Crippen LogP contribution in [0.5, 0.6) is 5.75 Å². The van der Waals surface area contributed by atoms with Gasteiger partial charge in [0.2, 0.25) is 0 Å². The SMILES string of the molecule is C#C.CC(C)(C)O.Cc1c(-c2c(CC(=O)O)c(C)c3[nH]c(=O)c4cc5ccsc5nc4c3c2C)ccc2c1CCCO2. The number of hydrogen-bond acceptors (Lipinski definition) is 6. The number of aromatic amines is 1. The molecule has 1 aliphatic rings. The summed E-state index contributed by atoms with van der Waals surface area (Å²) in [6.45, 7) is 11.9. The fourth-order valence-corrected chi connectivity index (χ4v) is 6.33. The number of hydrogen-bond donors (Lipinski definition) is 3. The van der Waals surface area contributed by atoms with E-state index in [1.165, 1.54) is 5.56 Å². The van der Waals surface area contributed by atoms with Crippen molar-refractivity contribution in [1.29, 1.82) is 0 Å². The highest BCUT2D eigenvalue weighted by atomic mass is 32.1. The molecular formula is C34H36N2O5S. The lowest BCUT2D eigenvalue weighted by atomic mass is 9.83. The molecular weight excluding hydrogens is 548 g/mol. The third-order valence-electron chi connectivity index (χ3n) is 7.27. The molecule has 0 radical (unpaired) electrons. The summed E-state index contributed by atoms with van der Waals surface area (Å²) in [5.41, 5.74) is 7.20. The first-order valence-electron chi connectivity index (χ1n) is 13.7. The van der Waals surface area contributed by atoms with Crippen LogP contribution in [0, 0.1) is 33.6 Å². The number of aromatic nitrogens is 2. The minimum atomic E-state index is -0.909. The molecule has 6 rings (SSSR count). The van der Waals surface area contributed by atoms with Crippen molar-refractivity contribution >= 4 is 49.3 Å². The molecule has 8 heteroatoms. The first kappa shape index (κ1) is 30.8. The number of aryl methyl sites for hydroxylation is 2. The molecule has 0 aliphatic carbocycles. The first-order valence-corrected chi connectivity index (χ1v) is 14.6. The lowest BCUT2D eigenvalue weighted by molar-refractivity contribution is -0.136. The molecule has 3 aromatic heterocycles. The number of aliphatic carboxylic acids is 1. The molecule has 0 unspecified atom stereocenters. The third-order valence-corrected chi connectivity index (χ3v) is 8.10. The van der Waals surface area contributed by atoms with Crippen molar-refractivity contribution in [3.63, 3.8) is 0 Å². The van der Waals surface area contributed by atoms with E-state index in [2.05, 4.69) is 24.8 Å². The van der Waals surface area contributed by atoms with Gasteiger partial charge >= 0.3 is 5.97 Å². The Labute approximate surface area is 249 Å². The van der Waals surface area contributed by atoms with Crippen LogP contribution in [0.3, 0.4) is 0 Å². The quantitative estimate of drug-likeness (QED) is 0.158. The predicted molar refractivity (Wildman–Crippen MR) is 172 cm³/mol. The lowest BCUT2D eigenvalue weighted by Crippen LogP contribution is -2.13. The normalized spacial score (nSPS) is 12.6. The van der Waals surface area contributed by atoms with Crippen molar-refractivity contribution in [3.8, 4) is 29.7 Å². The van der Waals surface area contributed by atoms with Crippen LogP contribution in [-0.2, 0) is 17.6 Å². The fraction of sp³-hybridized carbons (Fsp3) is 0.324. The van der Waals surface area contributed by atoms with Crippen LogP contribution < -0.4 is 10.3 Å². The van der Waals surface area contributed by atoms with Gasteiger partial charge in [0.25, 0.3) is 5.56 Å². The van der Waals surface area contributed by atoms with Crippen LogP contribution in [0.1, 0.15) is 55.0 Å². The Morgan fingerprint density at radius 3 is 2.48 bits per heavy atom. The minimum Gasteiger partial charge on any atom is -0.493 e.